The zero-order valence-electron chi connectivity index (χ0n) is 49.4. The number of aliphatic hydroxyl groups excluding tert-OH is 13. The van der Waals surface area contributed by atoms with Gasteiger partial charge in [-0.05, 0) is 99.7 Å². The standard InChI is InChI=1S/C58H90O27/c1-10-23(2)47(74)85-45-44(71)58(22-60)25(17-53(45,3)4)24-11-12-29-54(5)15-14-32(57(8,52(75)76-9)30(54)13-16-55(29,6)56(24,7)18-31(58)63)80-51-43(84-49-38(69)36(67)35(66)28(19-59)79-49)40(39(70)41(82-51)46(72)73)81-50-42(34(65)27(62)21-78-50)83-48-37(68)33(64)26(61)20-77-48/h10-11,25-45,48-51,59-71H,12-22H2,1-9H3,(H,72,73). The number of carbonyl (C=O) groups excluding carboxylic acids is 2. The first-order valence-corrected chi connectivity index (χ1v) is 29.5. The second-order valence-corrected chi connectivity index (χ2v) is 27.0. The Morgan fingerprint density at radius 3 is 1.93 bits per heavy atom. The van der Waals surface area contributed by atoms with Crippen molar-refractivity contribution in [3.8, 4) is 0 Å². The molecule has 30 unspecified atom stereocenters. The molecule has 0 bridgehead atoms. The molecule has 4 saturated heterocycles. The zero-order valence-corrected chi connectivity index (χ0v) is 49.4. The van der Waals surface area contributed by atoms with Gasteiger partial charge in [-0.2, -0.15) is 0 Å². The van der Waals surface area contributed by atoms with Crippen LogP contribution in [-0.2, 0) is 61.8 Å². The average molecular weight is 1220 g/mol. The number of aliphatic hydroxyl groups is 13. The summed E-state index contributed by atoms with van der Waals surface area (Å²) in [7, 11) is 1.21. The fourth-order valence-electron chi connectivity index (χ4n) is 17.0. The topological polar surface area (TPSA) is 427 Å². The summed E-state index contributed by atoms with van der Waals surface area (Å²) in [4.78, 5) is 41.3. The molecule has 8 fully saturated rings. The molecule has 27 heteroatoms. The van der Waals surface area contributed by atoms with E-state index in [9.17, 15) is 85.9 Å². The molecule has 9 aliphatic rings. The number of methoxy groups -OCH3 is 1. The van der Waals surface area contributed by atoms with Crippen molar-refractivity contribution >= 4 is 17.9 Å². The summed E-state index contributed by atoms with van der Waals surface area (Å²) in [5.74, 6) is -4.41. The van der Waals surface area contributed by atoms with Crippen LogP contribution in [0.4, 0.5) is 0 Å². The molecule has 0 aromatic heterocycles. The van der Waals surface area contributed by atoms with Gasteiger partial charge in [-0.25, -0.2) is 9.59 Å². The minimum Gasteiger partial charge on any atom is -0.479 e. The number of hydrogen-bond acceptors (Lipinski definition) is 26. The van der Waals surface area contributed by atoms with E-state index in [4.69, 9.17) is 47.4 Å². The van der Waals surface area contributed by atoms with E-state index in [1.165, 1.54) is 7.11 Å². The molecule has 0 spiro atoms. The van der Waals surface area contributed by atoms with E-state index < -0.39 is 224 Å². The Morgan fingerprint density at radius 1 is 0.682 bits per heavy atom. The number of ether oxygens (including phenoxy) is 10. The molecule has 0 amide bonds. The quantitative estimate of drug-likeness (QED) is 0.0367. The number of fused-ring (bicyclic) bond motifs is 7. The summed E-state index contributed by atoms with van der Waals surface area (Å²) >= 11 is 0. The molecule has 27 nitrogen and oxygen atoms in total. The molecule has 5 aliphatic carbocycles. The zero-order chi connectivity index (χ0) is 62.6. The lowest BCUT2D eigenvalue weighted by Gasteiger charge is -2.72. The number of carbonyl (C=O) groups is 3. The van der Waals surface area contributed by atoms with E-state index in [0.717, 1.165) is 5.57 Å². The van der Waals surface area contributed by atoms with Gasteiger partial charge in [0.1, 0.15) is 91.6 Å². The summed E-state index contributed by atoms with van der Waals surface area (Å²) in [5, 5.41) is 156. The first-order valence-electron chi connectivity index (χ1n) is 29.5. The predicted molar refractivity (Wildman–Crippen MR) is 285 cm³/mol. The summed E-state index contributed by atoms with van der Waals surface area (Å²) < 4.78 is 59.9. The fourth-order valence-corrected chi connectivity index (χ4v) is 17.0. The number of allylic oxidation sites excluding steroid dienone is 3. The molecule has 85 heavy (non-hydrogen) atoms. The van der Waals surface area contributed by atoms with Crippen LogP contribution in [0.2, 0.25) is 0 Å². The van der Waals surface area contributed by atoms with E-state index in [2.05, 4.69) is 26.8 Å². The van der Waals surface area contributed by atoms with Gasteiger partial charge in [0.2, 0.25) is 0 Å². The maximum Gasteiger partial charge on any atom is 0.335 e. The van der Waals surface area contributed by atoms with E-state index in [0.29, 0.717) is 37.7 Å². The molecule has 0 aromatic carbocycles. The van der Waals surface area contributed by atoms with Gasteiger partial charge in [-0.1, -0.05) is 52.3 Å². The molecule has 484 valence electrons. The Balaban J connectivity index is 1.06. The number of aliphatic carboxylic acids is 1. The van der Waals surface area contributed by atoms with E-state index >= 15 is 0 Å². The summed E-state index contributed by atoms with van der Waals surface area (Å²) in [6, 6.07) is 0. The van der Waals surface area contributed by atoms with Gasteiger partial charge >= 0.3 is 17.9 Å². The number of carboxylic acid groups (broad SMARTS) is 1. The fraction of sp³-hybridized carbons (Fsp3) is 0.879. The van der Waals surface area contributed by atoms with E-state index in [1.54, 1.807) is 26.8 Å². The van der Waals surface area contributed by atoms with Gasteiger partial charge in [0, 0.05) is 11.0 Å². The van der Waals surface area contributed by atoms with Crippen LogP contribution in [-0.4, -0.2) is 258 Å². The lowest BCUT2D eigenvalue weighted by molar-refractivity contribution is -0.399. The van der Waals surface area contributed by atoms with Crippen LogP contribution in [0.3, 0.4) is 0 Å². The smallest absolute Gasteiger partial charge is 0.335 e. The number of esters is 2. The van der Waals surface area contributed by atoms with Gasteiger partial charge in [-0.15, -0.1) is 0 Å². The highest BCUT2D eigenvalue weighted by Crippen LogP contribution is 2.76. The minimum absolute atomic E-state index is 0.0545. The van der Waals surface area contributed by atoms with Gasteiger partial charge in [0.15, 0.2) is 31.3 Å². The molecule has 0 radical (unpaired) electrons. The van der Waals surface area contributed by atoms with Crippen LogP contribution in [0.1, 0.15) is 100 Å². The van der Waals surface area contributed by atoms with Crippen molar-refractivity contribution in [1.29, 1.82) is 0 Å². The third-order valence-corrected chi connectivity index (χ3v) is 22.3. The second-order valence-electron chi connectivity index (χ2n) is 27.0. The molecule has 14 N–H and O–H groups in total. The van der Waals surface area contributed by atoms with Crippen molar-refractivity contribution in [1.82, 2.24) is 0 Å². The number of rotatable bonds is 14. The van der Waals surface area contributed by atoms with Crippen molar-refractivity contribution in [3.05, 3.63) is 23.3 Å². The lowest BCUT2D eigenvalue weighted by atomic mass is 9.33. The predicted octanol–water partition coefficient (Wildman–Crippen LogP) is -2.61. The van der Waals surface area contributed by atoms with E-state index in [1.807, 2.05) is 13.8 Å². The van der Waals surface area contributed by atoms with Crippen LogP contribution < -0.4 is 0 Å². The molecule has 4 heterocycles. The van der Waals surface area contributed by atoms with Crippen molar-refractivity contribution in [2.75, 3.05) is 33.5 Å². The number of hydrogen-bond donors (Lipinski definition) is 14. The van der Waals surface area contributed by atoms with Crippen molar-refractivity contribution < 1.29 is 133 Å². The van der Waals surface area contributed by atoms with Crippen LogP contribution >= 0.6 is 0 Å². The highest BCUT2D eigenvalue weighted by atomic mass is 16.8. The molecular weight excluding hydrogens is 1130 g/mol. The first kappa shape index (κ1) is 66.5. The van der Waals surface area contributed by atoms with Crippen molar-refractivity contribution in [3.63, 3.8) is 0 Å². The maximum atomic E-state index is 14.9. The van der Waals surface area contributed by atoms with Gasteiger partial charge < -0.3 is 119 Å². The van der Waals surface area contributed by atoms with Gasteiger partial charge in [-0.3, -0.25) is 4.79 Å². The third-order valence-electron chi connectivity index (χ3n) is 22.3. The molecule has 9 rings (SSSR count). The average Bonchev–Trinajstić information content (AvgIpc) is 0.675. The molecule has 30 atom stereocenters. The normalized spacial score (nSPS) is 51.6. The Kier molecular flexibility index (Phi) is 19.0. The summed E-state index contributed by atoms with van der Waals surface area (Å²) in [6.07, 6.45) is -34.0. The minimum atomic E-state index is -2.30. The van der Waals surface area contributed by atoms with E-state index in [-0.39, 0.29) is 18.8 Å². The summed E-state index contributed by atoms with van der Waals surface area (Å²) in [5.41, 5.74) is -4.67. The van der Waals surface area contributed by atoms with Gasteiger partial charge in [0.05, 0.1) is 56.6 Å². The SMILES string of the molecule is CC=C(C)C(=O)OC1C(O)C2(CO)C(O)CC3(C)C(=CCC4C5(C)CCC(OC6OC(C(=O)O)C(O)C(OC7OCC(O)C(O)C7OC7OCC(O)C(O)C7O)C6OC6OC(CO)C(O)C(O)C6O)C(C)(C(=O)OC)C5CCC43C)C2CC1(C)C. The molecule has 4 saturated carbocycles. The monoisotopic (exact) mass is 1220 g/mol. The van der Waals surface area contributed by atoms with Crippen LogP contribution in [0.5, 0.6) is 0 Å². The van der Waals surface area contributed by atoms with Crippen LogP contribution in [0.25, 0.3) is 0 Å². The molecule has 0 aromatic rings. The molecule has 4 aliphatic heterocycles. The third kappa shape index (κ3) is 10.7. The number of carboxylic acids is 1. The Bertz CT molecular complexity index is 2500. The second kappa shape index (κ2) is 24.3. The van der Waals surface area contributed by atoms with Crippen LogP contribution in [0, 0.1) is 50.2 Å². The Labute approximate surface area is 492 Å². The Hall–Kier alpha value is -2.95. The first-order chi connectivity index (χ1) is 39.8. The highest BCUT2D eigenvalue weighted by Gasteiger charge is 2.74. The molecular formula is C58H90O27. The largest absolute Gasteiger partial charge is 0.479 e. The van der Waals surface area contributed by atoms with Crippen LogP contribution in [0.15, 0.2) is 23.3 Å². The highest BCUT2D eigenvalue weighted by molar-refractivity contribution is 5.87. The van der Waals surface area contributed by atoms with Crippen molar-refractivity contribution in [2.24, 2.45) is 50.2 Å². The van der Waals surface area contributed by atoms with Crippen molar-refractivity contribution in [2.45, 2.75) is 235 Å². The lowest BCUT2D eigenvalue weighted by Crippen LogP contribution is -2.72. The summed E-state index contributed by atoms with van der Waals surface area (Å²) in [6.45, 7) is 12.5. The maximum absolute atomic E-state index is 14.9. The van der Waals surface area contributed by atoms with Gasteiger partial charge in [0.25, 0.3) is 0 Å². The Morgan fingerprint density at radius 2 is 1.31 bits per heavy atom.